The number of carbonyl (C=O) groups is 1. The third kappa shape index (κ3) is 4.57. The first-order valence-corrected chi connectivity index (χ1v) is 11.2. The summed E-state index contributed by atoms with van der Waals surface area (Å²) < 4.78 is 0. The number of amides is 1. The van der Waals surface area contributed by atoms with Crippen LogP contribution >= 0.6 is 11.3 Å². The van der Waals surface area contributed by atoms with Gasteiger partial charge in [-0.05, 0) is 60.5 Å². The van der Waals surface area contributed by atoms with Gasteiger partial charge in [0.25, 0.3) is 5.91 Å². The van der Waals surface area contributed by atoms with Gasteiger partial charge < -0.3 is 0 Å². The smallest absolute Gasteiger partial charge is 0.267 e. The summed E-state index contributed by atoms with van der Waals surface area (Å²) in [6.45, 7) is 8.38. The highest BCUT2D eigenvalue weighted by Gasteiger charge is 2.14. The largest absolute Gasteiger partial charge is 0.272 e. The fraction of sp³-hybridized carbons (Fsp3) is 0.192. The van der Waals surface area contributed by atoms with Gasteiger partial charge in [-0.1, -0.05) is 49.7 Å². The molecule has 0 spiro atoms. The Morgan fingerprint density at radius 1 is 1.06 bits per heavy atom. The molecule has 2 heterocycles. The monoisotopic (exact) mass is 427 g/mol. The van der Waals surface area contributed by atoms with Crippen LogP contribution in [0.3, 0.4) is 0 Å². The average molecular weight is 428 g/mol. The van der Waals surface area contributed by atoms with E-state index in [9.17, 15) is 4.79 Å². The quantitative estimate of drug-likeness (QED) is 0.293. The minimum Gasteiger partial charge on any atom is -0.267 e. The molecule has 0 aliphatic carbocycles. The molecule has 0 fully saturated rings. The Bertz CT molecular complexity index is 1270. The summed E-state index contributed by atoms with van der Waals surface area (Å²) in [5.74, 6) is 0.219. The van der Waals surface area contributed by atoms with Crippen LogP contribution in [0.1, 0.15) is 51.7 Å². The lowest BCUT2D eigenvalue weighted by molar-refractivity contribution is 0.0956. The molecule has 4 nitrogen and oxygen atoms in total. The van der Waals surface area contributed by atoms with Crippen LogP contribution < -0.4 is 5.43 Å². The number of fused-ring (bicyclic) bond motifs is 1. The summed E-state index contributed by atoms with van der Waals surface area (Å²) in [5, 5.41) is 7.01. The van der Waals surface area contributed by atoms with Crippen molar-refractivity contribution in [2.45, 2.75) is 33.6 Å². The van der Waals surface area contributed by atoms with Crippen LogP contribution in [-0.4, -0.2) is 17.1 Å². The Hall–Kier alpha value is -3.31. The van der Waals surface area contributed by atoms with Gasteiger partial charge >= 0.3 is 0 Å². The topological polar surface area (TPSA) is 54.4 Å². The van der Waals surface area contributed by atoms with Crippen LogP contribution in [-0.2, 0) is 0 Å². The lowest BCUT2D eigenvalue weighted by Crippen LogP contribution is -2.18. The molecule has 4 rings (SSSR count). The van der Waals surface area contributed by atoms with Crippen molar-refractivity contribution in [3.8, 4) is 11.3 Å². The maximum Gasteiger partial charge on any atom is 0.272 e. The zero-order chi connectivity index (χ0) is 22.0. The van der Waals surface area contributed by atoms with Gasteiger partial charge in [0.15, 0.2) is 0 Å². The summed E-state index contributed by atoms with van der Waals surface area (Å²) in [5.41, 5.74) is 9.30. The first kappa shape index (κ1) is 20.9. The van der Waals surface area contributed by atoms with E-state index < -0.39 is 0 Å². The van der Waals surface area contributed by atoms with Crippen LogP contribution in [0.25, 0.3) is 22.2 Å². The molecule has 0 aliphatic rings. The number of benzene rings is 2. The van der Waals surface area contributed by atoms with Crippen LogP contribution in [0.5, 0.6) is 0 Å². The Balaban J connectivity index is 1.72. The molecule has 4 aromatic rings. The molecule has 5 heteroatoms. The molecule has 0 saturated carbocycles. The highest BCUT2D eigenvalue weighted by Crippen LogP contribution is 2.27. The van der Waals surface area contributed by atoms with E-state index in [1.807, 2.05) is 49.6 Å². The minimum absolute atomic E-state index is 0.247. The summed E-state index contributed by atoms with van der Waals surface area (Å²) in [6.07, 6.45) is 1.69. The van der Waals surface area contributed by atoms with Crippen LogP contribution in [0.15, 0.2) is 65.1 Å². The molecule has 1 N–H and O–H groups in total. The summed E-state index contributed by atoms with van der Waals surface area (Å²) in [7, 11) is 0. The number of hydrogen-bond donors (Lipinski definition) is 1. The molecule has 1 amide bonds. The van der Waals surface area contributed by atoms with E-state index in [0.717, 1.165) is 38.2 Å². The molecular weight excluding hydrogens is 402 g/mol. The zero-order valence-corrected chi connectivity index (χ0v) is 19.0. The summed E-state index contributed by atoms with van der Waals surface area (Å²) in [4.78, 5) is 18.9. The molecule has 0 aliphatic heterocycles. The van der Waals surface area contributed by atoms with E-state index >= 15 is 0 Å². The van der Waals surface area contributed by atoms with Crippen molar-refractivity contribution >= 4 is 34.4 Å². The van der Waals surface area contributed by atoms with E-state index in [-0.39, 0.29) is 5.91 Å². The van der Waals surface area contributed by atoms with Gasteiger partial charge in [-0.25, -0.2) is 10.4 Å². The molecule has 0 atom stereocenters. The molecule has 0 radical (unpaired) electrons. The predicted molar refractivity (Wildman–Crippen MR) is 130 cm³/mol. The number of pyridine rings is 1. The van der Waals surface area contributed by atoms with Crippen molar-refractivity contribution in [2.75, 3.05) is 0 Å². The number of thiophene rings is 1. The third-order valence-electron chi connectivity index (χ3n) is 5.33. The maximum atomic E-state index is 13.1. The second kappa shape index (κ2) is 8.82. The van der Waals surface area contributed by atoms with E-state index in [4.69, 9.17) is 4.98 Å². The van der Waals surface area contributed by atoms with Crippen molar-refractivity contribution in [2.24, 2.45) is 5.10 Å². The van der Waals surface area contributed by atoms with E-state index in [2.05, 4.69) is 48.6 Å². The first-order valence-electron chi connectivity index (χ1n) is 10.3. The normalized spacial score (nSPS) is 11.5. The highest BCUT2D eigenvalue weighted by atomic mass is 32.1. The molecule has 0 saturated heterocycles. The molecule has 156 valence electrons. The van der Waals surface area contributed by atoms with Crippen molar-refractivity contribution in [3.05, 3.63) is 87.1 Å². The van der Waals surface area contributed by atoms with Crippen LogP contribution in [0.4, 0.5) is 0 Å². The highest BCUT2D eigenvalue weighted by molar-refractivity contribution is 7.11. The summed E-state index contributed by atoms with van der Waals surface area (Å²) >= 11 is 1.59. The third-order valence-corrected chi connectivity index (χ3v) is 6.29. The Morgan fingerprint density at radius 2 is 1.84 bits per heavy atom. The number of hydrogen-bond acceptors (Lipinski definition) is 4. The molecular formula is C26H25N3OS. The Kier molecular flexibility index (Phi) is 5.96. The van der Waals surface area contributed by atoms with E-state index in [1.54, 1.807) is 17.6 Å². The zero-order valence-electron chi connectivity index (χ0n) is 18.1. The molecule has 2 aromatic heterocycles. The van der Waals surface area contributed by atoms with Crippen molar-refractivity contribution < 1.29 is 4.79 Å². The standard InChI is InChI=1S/C26H25N3OS/c1-16(2)19-6-8-20(9-7-19)24-14-22(21-13-17(3)5-10-23(21)28-24)26(30)29-27-15-25-18(4)11-12-31-25/h5-16H,1-4H3,(H,29,30). The van der Waals surface area contributed by atoms with Crippen LogP contribution in [0, 0.1) is 13.8 Å². The van der Waals surface area contributed by atoms with Gasteiger partial charge in [0.05, 0.1) is 23.0 Å². The molecule has 2 aromatic carbocycles. The van der Waals surface area contributed by atoms with Gasteiger partial charge in [-0.15, -0.1) is 11.3 Å². The van der Waals surface area contributed by atoms with Crippen molar-refractivity contribution in [3.63, 3.8) is 0 Å². The van der Waals surface area contributed by atoms with Gasteiger partial charge in [0.1, 0.15) is 0 Å². The fourth-order valence-electron chi connectivity index (χ4n) is 3.44. The molecule has 0 unspecified atom stereocenters. The van der Waals surface area contributed by atoms with Crippen molar-refractivity contribution in [1.29, 1.82) is 0 Å². The number of hydrazone groups is 1. The Labute approximate surface area is 186 Å². The number of rotatable bonds is 5. The van der Waals surface area contributed by atoms with Gasteiger partial charge in [-0.2, -0.15) is 5.10 Å². The number of aryl methyl sites for hydroxylation is 2. The second-order valence-corrected chi connectivity index (χ2v) is 8.97. The summed E-state index contributed by atoms with van der Waals surface area (Å²) in [6, 6.07) is 18.2. The van der Waals surface area contributed by atoms with Crippen LogP contribution in [0.2, 0.25) is 0 Å². The van der Waals surface area contributed by atoms with E-state index in [0.29, 0.717) is 11.5 Å². The number of nitrogens with one attached hydrogen (secondary N) is 1. The number of aromatic nitrogens is 1. The molecule has 31 heavy (non-hydrogen) atoms. The van der Waals surface area contributed by atoms with Gasteiger partial charge in [0.2, 0.25) is 0 Å². The maximum absolute atomic E-state index is 13.1. The molecule has 0 bridgehead atoms. The predicted octanol–water partition coefficient (Wildman–Crippen LogP) is 6.47. The number of carbonyl (C=O) groups excluding carboxylic acids is 1. The van der Waals surface area contributed by atoms with Gasteiger partial charge in [-0.3, -0.25) is 4.79 Å². The SMILES string of the molecule is Cc1ccc2nc(-c3ccc(C(C)C)cc3)cc(C(=O)NN=Cc3sccc3C)c2c1. The average Bonchev–Trinajstić information content (AvgIpc) is 3.17. The first-order chi connectivity index (χ1) is 14.9. The minimum atomic E-state index is -0.247. The van der Waals surface area contributed by atoms with Gasteiger partial charge in [0, 0.05) is 15.8 Å². The number of nitrogens with zero attached hydrogens (tertiary/aromatic N) is 2. The van der Waals surface area contributed by atoms with Crippen molar-refractivity contribution in [1.82, 2.24) is 10.4 Å². The fourth-order valence-corrected chi connectivity index (χ4v) is 4.23. The second-order valence-electron chi connectivity index (χ2n) is 8.02. The lowest BCUT2D eigenvalue weighted by Gasteiger charge is -2.11. The van der Waals surface area contributed by atoms with E-state index in [1.165, 1.54) is 5.56 Å². The lowest BCUT2D eigenvalue weighted by atomic mass is 9.99. The Morgan fingerprint density at radius 3 is 2.52 bits per heavy atom.